The van der Waals surface area contributed by atoms with Gasteiger partial charge in [-0.2, -0.15) is 0 Å². The molecule has 0 N–H and O–H groups in total. The molecule has 1 atom stereocenters. The van der Waals surface area contributed by atoms with Crippen LogP contribution in [0, 0.1) is 5.92 Å². The molecule has 0 bridgehead atoms. The molecule has 0 spiro atoms. The minimum absolute atomic E-state index is 0.412. The van der Waals surface area contributed by atoms with E-state index in [1.165, 1.54) is 44.9 Å². The molecule has 0 aliphatic carbocycles. The Morgan fingerprint density at radius 1 is 1.12 bits per heavy atom. The van der Waals surface area contributed by atoms with E-state index in [0.717, 1.165) is 18.9 Å². The van der Waals surface area contributed by atoms with Gasteiger partial charge in [-0.15, -0.1) is 0 Å². The van der Waals surface area contributed by atoms with E-state index in [1.807, 2.05) is 0 Å². The number of rotatable bonds is 9. The van der Waals surface area contributed by atoms with Crippen molar-refractivity contribution in [2.75, 3.05) is 6.61 Å². The number of ether oxygens (including phenoxy) is 1. The van der Waals surface area contributed by atoms with E-state index in [0.29, 0.717) is 12.0 Å². The van der Waals surface area contributed by atoms with Crippen molar-refractivity contribution >= 4 is 5.90 Å². The van der Waals surface area contributed by atoms with E-state index in [9.17, 15) is 0 Å². The molecular weight excluding hydrogens is 210 g/mol. The van der Waals surface area contributed by atoms with Crippen molar-refractivity contribution in [1.29, 1.82) is 0 Å². The van der Waals surface area contributed by atoms with Gasteiger partial charge in [0.1, 0.15) is 6.61 Å². The van der Waals surface area contributed by atoms with E-state index < -0.39 is 0 Å². The van der Waals surface area contributed by atoms with Crippen molar-refractivity contribution in [3.63, 3.8) is 0 Å². The first-order valence-corrected chi connectivity index (χ1v) is 7.43. The Morgan fingerprint density at radius 2 is 1.76 bits per heavy atom. The van der Waals surface area contributed by atoms with Gasteiger partial charge in [-0.25, -0.2) is 4.99 Å². The summed E-state index contributed by atoms with van der Waals surface area (Å²) in [6.45, 7) is 7.51. The molecule has 0 saturated carbocycles. The summed E-state index contributed by atoms with van der Waals surface area (Å²) in [4.78, 5) is 4.63. The minimum Gasteiger partial charge on any atom is -0.479 e. The van der Waals surface area contributed by atoms with Gasteiger partial charge in [-0.3, -0.25) is 0 Å². The zero-order valence-electron chi connectivity index (χ0n) is 11.9. The fraction of sp³-hybridized carbons (Fsp3) is 0.933. The fourth-order valence-electron chi connectivity index (χ4n) is 2.15. The Kier molecular flexibility index (Phi) is 7.30. The molecule has 100 valence electrons. The second-order valence-electron chi connectivity index (χ2n) is 5.52. The van der Waals surface area contributed by atoms with Crippen LogP contribution in [0.4, 0.5) is 0 Å². The maximum atomic E-state index is 5.62. The number of unbranched alkanes of at least 4 members (excludes halogenated alkanes) is 6. The van der Waals surface area contributed by atoms with Gasteiger partial charge >= 0.3 is 0 Å². The smallest absolute Gasteiger partial charge is 0.183 e. The van der Waals surface area contributed by atoms with Crippen LogP contribution in [-0.4, -0.2) is 18.5 Å². The summed E-state index contributed by atoms with van der Waals surface area (Å²) in [6, 6.07) is 0.412. The highest BCUT2D eigenvalue weighted by atomic mass is 16.5. The molecule has 2 nitrogen and oxygen atoms in total. The van der Waals surface area contributed by atoms with Crippen LogP contribution in [0.15, 0.2) is 4.99 Å². The SMILES string of the molecule is CCCCCCCCCC1=NC(C(C)C)CO1. The van der Waals surface area contributed by atoms with Crippen LogP contribution in [0.5, 0.6) is 0 Å². The third-order valence-electron chi connectivity index (χ3n) is 3.49. The van der Waals surface area contributed by atoms with Gasteiger partial charge in [0.15, 0.2) is 5.90 Å². The lowest BCUT2D eigenvalue weighted by molar-refractivity contribution is 0.285. The van der Waals surface area contributed by atoms with E-state index in [4.69, 9.17) is 4.74 Å². The third-order valence-corrected chi connectivity index (χ3v) is 3.49. The summed E-state index contributed by atoms with van der Waals surface area (Å²) in [5.74, 6) is 1.62. The maximum absolute atomic E-state index is 5.62. The third kappa shape index (κ3) is 6.09. The van der Waals surface area contributed by atoms with Crippen LogP contribution in [-0.2, 0) is 4.74 Å². The first kappa shape index (κ1) is 14.5. The molecule has 0 aromatic carbocycles. The van der Waals surface area contributed by atoms with Crippen molar-refractivity contribution in [1.82, 2.24) is 0 Å². The standard InChI is InChI=1S/C15H29NO/c1-4-5-6-7-8-9-10-11-15-16-14(12-17-15)13(2)3/h13-14H,4-12H2,1-3H3. The Morgan fingerprint density at radius 3 is 2.35 bits per heavy atom. The highest BCUT2D eigenvalue weighted by molar-refractivity contribution is 5.77. The van der Waals surface area contributed by atoms with Gasteiger partial charge in [-0.1, -0.05) is 59.3 Å². The zero-order valence-corrected chi connectivity index (χ0v) is 11.9. The van der Waals surface area contributed by atoms with Crippen LogP contribution < -0.4 is 0 Å². The Labute approximate surface area is 107 Å². The lowest BCUT2D eigenvalue weighted by Crippen LogP contribution is -2.13. The summed E-state index contributed by atoms with van der Waals surface area (Å²) >= 11 is 0. The van der Waals surface area contributed by atoms with Crippen molar-refractivity contribution in [3.05, 3.63) is 0 Å². The second kappa shape index (κ2) is 8.54. The quantitative estimate of drug-likeness (QED) is 0.540. The molecule has 1 heterocycles. The van der Waals surface area contributed by atoms with Crippen LogP contribution in [0.25, 0.3) is 0 Å². The summed E-state index contributed by atoms with van der Waals surface area (Å²) in [6.07, 6.45) is 10.5. The number of aliphatic imine (C=N–C) groups is 1. The van der Waals surface area contributed by atoms with E-state index in [1.54, 1.807) is 0 Å². The molecule has 1 aliphatic rings. The van der Waals surface area contributed by atoms with Gasteiger partial charge < -0.3 is 4.74 Å². The molecule has 0 amide bonds. The van der Waals surface area contributed by atoms with Gasteiger partial charge in [0.25, 0.3) is 0 Å². The molecule has 17 heavy (non-hydrogen) atoms. The molecule has 1 aliphatic heterocycles. The Bertz CT molecular complexity index is 223. The van der Waals surface area contributed by atoms with Crippen LogP contribution in [0.1, 0.15) is 72.1 Å². The van der Waals surface area contributed by atoms with Crippen molar-refractivity contribution in [2.45, 2.75) is 78.2 Å². The highest BCUT2D eigenvalue weighted by Crippen LogP contribution is 2.17. The van der Waals surface area contributed by atoms with Crippen LogP contribution >= 0.6 is 0 Å². The molecule has 1 unspecified atom stereocenters. The second-order valence-corrected chi connectivity index (χ2v) is 5.52. The average molecular weight is 239 g/mol. The monoisotopic (exact) mass is 239 g/mol. The van der Waals surface area contributed by atoms with Crippen molar-refractivity contribution in [3.8, 4) is 0 Å². The van der Waals surface area contributed by atoms with Crippen molar-refractivity contribution in [2.24, 2.45) is 10.9 Å². The van der Waals surface area contributed by atoms with Crippen molar-refractivity contribution < 1.29 is 4.74 Å². The zero-order chi connectivity index (χ0) is 12.5. The van der Waals surface area contributed by atoms with Gasteiger partial charge in [0.2, 0.25) is 0 Å². The van der Waals surface area contributed by atoms with Crippen LogP contribution in [0.2, 0.25) is 0 Å². The highest BCUT2D eigenvalue weighted by Gasteiger charge is 2.20. The largest absolute Gasteiger partial charge is 0.479 e. The number of nitrogens with zero attached hydrogens (tertiary/aromatic N) is 1. The molecule has 0 aromatic heterocycles. The van der Waals surface area contributed by atoms with Crippen LogP contribution in [0.3, 0.4) is 0 Å². The Balaban J connectivity index is 1.98. The van der Waals surface area contributed by atoms with Gasteiger partial charge in [0.05, 0.1) is 6.04 Å². The molecule has 1 rings (SSSR count). The predicted molar refractivity (Wildman–Crippen MR) is 74.6 cm³/mol. The number of hydrogen-bond donors (Lipinski definition) is 0. The predicted octanol–water partition coefficient (Wildman–Crippen LogP) is 4.58. The average Bonchev–Trinajstić information content (AvgIpc) is 2.77. The first-order chi connectivity index (χ1) is 8.24. The van der Waals surface area contributed by atoms with Gasteiger partial charge in [-0.05, 0) is 12.3 Å². The minimum atomic E-state index is 0.412. The summed E-state index contributed by atoms with van der Waals surface area (Å²) in [5, 5.41) is 0. The Hall–Kier alpha value is -0.530. The topological polar surface area (TPSA) is 21.6 Å². The normalized spacial score (nSPS) is 19.5. The summed E-state index contributed by atoms with van der Waals surface area (Å²) in [5.41, 5.74) is 0. The van der Waals surface area contributed by atoms with Gasteiger partial charge in [0, 0.05) is 6.42 Å². The van der Waals surface area contributed by atoms with E-state index in [-0.39, 0.29) is 0 Å². The molecule has 0 saturated heterocycles. The number of hydrogen-bond acceptors (Lipinski definition) is 2. The molecule has 0 radical (unpaired) electrons. The molecule has 0 aromatic rings. The lowest BCUT2D eigenvalue weighted by atomic mass is 10.1. The summed E-state index contributed by atoms with van der Waals surface area (Å²) < 4.78 is 5.62. The fourth-order valence-corrected chi connectivity index (χ4v) is 2.15. The molecular formula is C15H29NO. The maximum Gasteiger partial charge on any atom is 0.183 e. The summed E-state index contributed by atoms with van der Waals surface area (Å²) in [7, 11) is 0. The van der Waals surface area contributed by atoms with E-state index in [2.05, 4.69) is 25.8 Å². The molecule has 2 heteroatoms. The first-order valence-electron chi connectivity index (χ1n) is 7.43. The molecule has 0 fully saturated rings. The van der Waals surface area contributed by atoms with E-state index >= 15 is 0 Å². The lowest BCUT2D eigenvalue weighted by Gasteiger charge is -2.06.